The van der Waals surface area contributed by atoms with Gasteiger partial charge in [-0.15, -0.1) is 0 Å². The molecular weight excluding hydrogens is 496 g/mol. The fraction of sp³-hybridized carbons (Fsp3) is 0.296. The number of ether oxygens (including phenoxy) is 1. The van der Waals surface area contributed by atoms with E-state index >= 15 is 0 Å². The van der Waals surface area contributed by atoms with Crippen molar-refractivity contribution in [3.05, 3.63) is 58.4 Å². The lowest BCUT2D eigenvalue weighted by Crippen LogP contribution is -2.63. The number of nitrogens with one attached hydrogen (secondary N) is 1. The van der Waals surface area contributed by atoms with Crippen LogP contribution in [-0.4, -0.2) is 61.4 Å². The number of hydrogen-bond donors (Lipinski definition) is 7. The van der Waals surface area contributed by atoms with Gasteiger partial charge in [-0.2, -0.15) is 0 Å². The molecule has 0 saturated heterocycles. The van der Waals surface area contributed by atoms with Crippen molar-refractivity contribution in [2.45, 2.75) is 31.0 Å². The van der Waals surface area contributed by atoms with E-state index < -0.39 is 76.0 Å². The van der Waals surface area contributed by atoms with Gasteiger partial charge >= 0.3 is 0 Å². The summed E-state index contributed by atoms with van der Waals surface area (Å²) in [6.45, 7) is 1.99. The molecule has 5 atom stereocenters. The van der Waals surface area contributed by atoms with Crippen molar-refractivity contribution in [3.8, 4) is 22.6 Å². The molecule has 0 aromatic heterocycles. The maximum absolute atomic E-state index is 13.8. The number of aromatic hydroxyl groups is 1. The van der Waals surface area contributed by atoms with Crippen LogP contribution in [0.25, 0.3) is 16.9 Å². The molecule has 1 aliphatic heterocycles. The Hall–Kier alpha value is -4.35. The molecule has 4 aliphatic rings. The van der Waals surface area contributed by atoms with Crippen molar-refractivity contribution >= 4 is 28.9 Å². The highest BCUT2D eigenvalue weighted by Crippen LogP contribution is 2.56. The first kappa shape index (κ1) is 24.0. The van der Waals surface area contributed by atoms with E-state index in [-0.39, 0.29) is 11.3 Å². The fourth-order valence-corrected chi connectivity index (χ4v) is 6.38. The molecule has 11 nitrogen and oxygen atoms in total. The Bertz CT molecular complexity index is 1540. The van der Waals surface area contributed by atoms with E-state index in [2.05, 4.69) is 5.32 Å². The van der Waals surface area contributed by atoms with Crippen LogP contribution in [0.1, 0.15) is 30.4 Å². The second kappa shape index (κ2) is 7.83. The van der Waals surface area contributed by atoms with E-state index in [1.807, 2.05) is 0 Å². The topological polar surface area (TPSA) is 200 Å². The van der Waals surface area contributed by atoms with Crippen LogP contribution in [0, 0.1) is 11.8 Å². The van der Waals surface area contributed by atoms with Crippen LogP contribution in [0.2, 0.25) is 0 Å². The van der Waals surface area contributed by atoms with Gasteiger partial charge in [0.05, 0.1) is 17.4 Å². The SMILES string of the molecule is C[C@H]1c2ccc(-c3ccc4c(c3)NCO4)c(O)c2C(O)=C2C(=O)[C@]3(O)C(O)=C(C(N)=O)C(=O)C[C@@H]3[C@@H](O)[C@@H]21. The molecule has 2 aromatic rings. The van der Waals surface area contributed by atoms with Gasteiger partial charge in [0.15, 0.2) is 18.1 Å². The summed E-state index contributed by atoms with van der Waals surface area (Å²) in [5.74, 6) is -8.23. The molecule has 2 aromatic carbocycles. The Morgan fingerprint density at radius 1 is 1.16 bits per heavy atom. The highest BCUT2D eigenvalue weighted by atomic mass is 16.5. The number of ketones is 2. The first-order valence-corrected chi connectivity index (χ1v) is 12.0. The molecule has 1 amide bonds. The van der Waals surface area contributed by atoms with Gasteiger partial charge in [0, 0.05) is 29.4 Å². The molecule has 38 heavy (non-hydrogen) atoms. The molecule has 1 fully saturated rings. The number of rotatable bonds is 2. The third kappa shape index (κ3) is 2.88. The Balaban J connectivity index is 1.55. The summed E-state index contributed by atoms with van der Waals surface area (Å²) in [6.07, 6.45) is -2.18. The molecule has 6 rings (SSSR count). The summed E-state index contributed by atoms with van der Waals surface area (Å²) < 4.78 is 5.43. The van der Waals surface area contributed by atoms with E-state index in [9.17, 15) is 39.9 Å². The fourth-order valence-electron chi connectivity index (χ4n) is 6.38. The van der Waals surface area contributed by atoms with E-state index in [4.69, 9.17) is 10.5 Å². The van der Waals surface area contributed by atoms with Gasteiger partial charge in [0.1, 0.15) is 28.6 Å². The number of Topliss-reactive ketones (excluding diaryl/α,β-unsaturated/α-hetero) is 2. The number of aliphatic hydroxyl groups is 4. The number of amides is 1. The quantitative estimate of drug-likeness (QED) is 0.284. The van der Waals surface area contributed by atoms with E-state index in [0.717, 1.165) is 0 Å². The zero-order valence-corrected chi connectivity index (χ0v) is 20.1. The molecular formula is C27H24N2O9. The molecule has 196 valence electrons. The highest BCUT2D eigenvalue weighted by molar-refractivity contribution is 6.23. The van der Waals surface area contributed by atoms with Gasteiger partial charge in [-0.1, -0.05) is 25.1 Å². The van der Waals surface area contributed by atoms with Crippen molar-refractivity contribution in [1.29, 1.82) is 0 Å². The van der Waals surface area contributed by atoms with Crippen LogP contribution in [0.3, 0.4) is 0 Å². The summed E-state index contributed by atoms with van der Waals surface area (Å²) >= 11 is 0. The second-order valence-corrected chi connectivity index (χ2v) is 10.1. The molecule has 11 heteroatoms. The standard InChI is InChI=1S/C27H24N2O9/c1-9-11-3-4-12(10-2-5-16-14(6-10)29-8-38-16)21(31)18(11)23(33)20-17(9)22(32)13-7-15(30)19(26(28)36)24(34)27(13,37)25(20)35/h2-6,9,13,17,22,29,31-34,37H,7-8H2,1H3,(H2,28,36)/t9-,13+,17+,22+,27+/m0/s1. The molecule has 0 spiro atoms. The van der Waals surface area contributed by atoms with Gasteiger partial charge in [-0.25, -0.2) is 0 Å². The predicted molar refractivity (Wildman–Crippen MR) is 132 cm³/mol. The molecule has 0 bridgehead atoms. The number of benzene rings is 2. The maximum Gasteiger partial charge on any atom is 0.255 e. The third-order valence-corrected chi connectivity index (χ3v) is 8.28. The van der Waals surface area contributed by atoms with Crippen LogP contribution in [0.15, 0.2) is 47.2 Å². The number of phenols is 1. The number of aliphatic hydroxyl groups excluding tert-OH is 3. The van der Waals surface area contributed by atoms with Crippen molar-refractivity contribution in [2.24, 2.45) is 17.6 Å². The van der Waals surface area contributed by atoms with Crippen LogP contribution in [-0.2, 0) is 14.4 Å². The smallest absolute Gasteiger partial charge is 0.255 e. The van der Waals surface area contributed by atoms with Crippen molar-refractivity contribution < 1.29 is 44.7 Å². The van der Waals surface area contributed by atoms with Gasteiger partial charge in [-0.3, -0.25) is 14.4 Å². The van der Waals surface area contributed by atoms with Gasteiger partial charge in [0.25, 0.3) is 5.91 Å². The van der Waals surface area contributed by atoms with Crippen LogP contribution >= 0.6 is 0 Å². The molecule has 0 radical (unpaired) electrons. The minimum Gasteiger partial charge on any atom is -0.508 e. The minimum absolute atomic E-state index is 0.0564. The molecule has 8 N–H and O–H groups in total. The zero-order valence-electron chi connectivity index (χ0n) is 20.1. The highest BCUT2D eigenvalue weighted by Gasteiger charge is 2.64. The Labute approximate surface area is 215 Å². The number of nitrogens with two attached hydrogens (primary N) is 1. The van der Waals surface area contributed by atoms with E-state index in [1.165, 1.54) is 0 Å². The minimum atomic E-state index is -2.87. The van der Waals surface area contributed by atoms with E-state index in [1.54, 1.807) is 37.3 Å². The molecule has 1 heterocycles. The number of anilines is 1. The number of primary amides is 1. The van der Waals surface area contributed by atoms with Crippen molar-refractivity contribution in [3.63, 3.8) is 0 Å². The average Bonchev–Trinajstić information content (AvgIpc) is 3.34. The second-order valence-electron chi connectivity index (χ2n) is 10.1. The predicted octanol–water partition coefficient (Wildman–Crippen LogP) is 1.38. The normalized spacial score (nSPS) is 29.7. The lowest BCUT2D eigenvalue weighted by atomic mass is 9.55. The number of fused-ring (bicyclic) bond motifs is 4. The largest absolute Gasteiger partial charge is 0.508 e. The van der Waals surface area contributed by atoms with Gasteiger partial charge in [-0.05, 0) is 29.2 Å². The van der Waals surface area contributed by atoms with Gasteiger partial charge < -0.3 is 41.3 Å². The number of phenolic OH excluding ortho intramolecular Hbond substituents is 1. The van der Waals surface area contributed by atoms with Gasteiger partial charge in [0.2, 0.25) is 5.78 Å². The molecule has 3 aliphatic carbocycles. The first-order chi connectivity index (χ1) is 18.0. The summed E-state index contributed by atoms with van der Waals surface area (Å²) in [6, 6.07) is 8.55. The lowest BCUT2D eigenvalue weighted by molar-refractivity contribution is -0.160. The van der Waals surface area contributed by atoms with Crippen LogP contribution in [0.4, 0.5) is 5.69 Å². The maximum atomic E-state index is 13.8. The molecule has 0 unspecified atom stereocenters. The van der Waals surface area contributed by atoms with E-state index in [0.29, 0.717) is 34.9 Å². The first-order valence-electron chi connectivity index (χ1n) is 12.0. The van der Waals surface area contributed by atoms with Crippen LogP contribution < -0.4 is 15.8 Å². The Morgan fingerprint density at radius 3 is 2.61 bits per heavy atom. The monoisotopic (exact) mass is 520 g/mol. The number of hydrogen-bond acceptors (Lipinski definition) is 10. The average molecular weight is 520 g/mol. The Morgan fingerprint density at radius 2 is 1.89 bits per heavy atom. The summed E-state index contributed by atoms with van der Waals surface area (Å²) in [5, 5.41) is 59.2. The van der Waals surface area contributed by atoms with Crippen LogP contribution in [0.5, 0.6) is 11.5 Å². The van der Waals surface area contributed by atoms with Crippen molar-refractivity contribution in [2.75, 3.05) is 12.0 Å². The summed E-state index contributed by atoms with van der Waals surface area (Å²) in [7, 11) is 0. The number of carbonyl (C=O) groups excluding carboxylic acids is 3. The third-order valence-electron chi connectivity index (χ3n) is 8.28. The number of carbonyl (C=O) groups is 3. The summed E-state index contributed by atoms with van der Waals surface area (Å²) in [4.78, 5) is 38.1. The summed E-state index contributed by atoms with van der Waals surface area (Å²) in [5.41, 5.74) is 3.05. The lowest BCUT2D eigenvalue weighted by Gasteiger charge is -2.50. The Kier molecular flexibility index (Phi) is 4.94. The zero-order chi connectivity index (χ0) is 27.3. The van der Waals surface area contributed by atoms with Crippen molar-refractivity contribution in [1.82, 2.24) is 0 Å². The molecule has 1 saturated carbocycles.